The Kier molecular flexibility index (Phi) is 5.09. The third-order valence-corrected chi connectivity index (χ3v) is 3.14. The van der Waals surface area contributed by atoms with Crippen molar-refractivity contribution in [3.8, 4) is 5.75 Å². The van der Waals surface area contributed by atoms with E-state index in [-0.39, 0.29) is 12.5 Å². The molecule has 1 aromatic heterocycles. The Morgan fingerprint density at radius 1 is 1.15 bits per heavy atom. The highest BCUT2D eigenvalue weighted by Crippen LogP contribution is 2.21. The number of aromatic nitrogens is 1. The first kappa shape index (κ1) is 14.5. The van der Waals surface area contributed by atoms with Gasteiger partial charge in [0.2, 0.25) is 0 Å². The van der Waals surface area contributed by atoms with Gasteiger partial charge in [-0.2, -0.15) is 0 Å². The number of aliphatic hydroxyl groups is 2. The molecule has 1 aromatic carbocycles. The molecule has 4 heteroatoms. The van der Waals surface area contributed by atoms with Gasteiger partial charge in [0, 0.05) is 12.5 Å². The minimum atomic E-state index is -0.761. The Labute approximate surface area is 118 Å². The molecule has 0 aliphatic carbocycles. The van der Waals surface area contributed by atoms with E-state index in [4.69, 9.17) is 9.84 Å². The molecule has 4 nitrogen and oxygen atoms in total. The lowest BCUT2D eigenvalue weighted by Crippen LogP contribution is -2.14. The lowest BCUT2D eigenvalue weighted by molar-refractivity contribution is 0.0737. The van der Waals surface area contributed by atoms with Crippen LogP contribution in [0.3, 0.4) is 0 Å². The number of aliphatic hydroxyl groups excluding tert-OH is 2. The molecule has 0 radical (unpaired) electrons. The largest absolute Gasteiger partial charge is 0.487 e. The van der Waals surface area contributed by atoms with Gasteiger partial charge in [-0.3, -0.25) is 4.98 Å². The van der Waals surface area contributed by atoms with Crippen LogP contribution in [-0.2, 0) is 6.61 Å². The molecule has 0 aliphatic rings. The van der Waals surface area contributed by atoms with Gasteiger partial charge in [0.05, 0.1) is 11.9 Å². The van der Waals surface area contributed by atoms with Crippen molar-refractivity contribution < 1.29 is 14.9 Å². The van der Waals surface area contributed by atoms with E-state index in [9.17, 15) is 5.11 Å². The van der Waals surface area contributed by atoms with Crippen LogP contribution in [0.25, 0.3) is 0 Å². The highest BCUT2D eigenvalue weighted by molar-refractivity contribution is 5.22. The highest BCUT2D eigenvalue weighted by Gasteiger charge is 2.16. The van der Waals surface area contributed by atoms with Crippen LogP contribution in [0.2, 0.25) is 0 Å². The maximum atomic E-state index is 9.92. The predicted octanol–water partition coefficient (Wildman–Crippen LogP) is 2.32. The molecule has 1 heterocycles. The molecule has 106 valence electrons. The second-order valence-corrected chi connectivity index (χ2v) is 4.80. The molecule has 0 amide bonds. The van der Waals surface area contributed by atoms with E-state index in [0.29, 0.717) is 18.1 Å². The number of ether oxygens (including phenoxy) is 1. The van der Waals surface area contributed by atoms with E-state index < -0.39 is 6.10 Å². The van der Waals surface area contributed by atoms with Crippen molar-refractivity contribution in [1.29, 1.82) is 0 Å². The summed E-state index contributed by atoms with van der Waals surface area (Å²) in [6, 6.07) is 13.4. The average Bonchev–Trinajstić information content (AvgIpc) is 2.53. The van der Waals surface area contributed by atoms with Crippen molar-refractivity contribution >= 4 is 0 Å². The Bertz CT molecular complexity index is 513. The highest BCUT2D eigenvalue weighted by atomic mass is 16.5. The maximum absolute atomic E-state index is 9.92. The van der Waals surface area contributed by atoms with Crippen LogP contribution in [0.5, 0.6) is 5.75 Å². The molecule has 0 aliphatic heterocycles. The molecular weight excluding hydrogens is 254 g/mol. The molecule has 0 spiro atoms. The molecule has 0 fully saturated rings. The summed E-state index contributed by atoms with van der Waals surface area (Å²) < 4.78 is 5.62. The predicted molar refractivity (Wildman–Crippen MR) is 76.2 cm³/mol. The van der Waals surface area contributed by atoms with Crippen LogP contribution in [0.4, 0.5) is 0 Å². The number of nitrogens with zero attached hydrogens (tertiary/aromatic N) is 1. The first-order valence-electron chi connectivity index (χ1n) is 6.62. The van der Waals surface area contributed by atoms with Gasteiger partial charge in [0.1, 0.15) is 18.5 Å². The smallest absolute Gasteiger partial charge is 0.138 e. The number of benzene rings is 1. The number of hydrogen-bond acceptors (Lipinski definition) is 4. The molecule has 0 unspecified atom stereocenters. The van der Waals surface area contributed by atoms with Gasteiger partial charge in [0.15, 0.2) is 0 Å². The Morgan fingerprint density at radius 3 is 2.50 bits per heavy atom. The van der Waals surface area contributed by atoms with Crippen LogP contribution < -0.4 is 4.74 Å². The van der Waals surface area contributed by atoms with Crippen LogP contribution >= 0.6 is 0 Å². The lowest BCUT2D eigenvalue weighted by Gasteiger charge is -2.16. The fourth-order valence-corrected chi connectivity index (χ4v) is 1.78. The second kappa shape index (κ2) is 7.03. The average molecular weight is 273 g/mol. The maximum Gasteiger partial charge on any atom is 0.138 e. The summed E-state index contributed by atoms with van der Waals surface area (Å²) in [6.45, 7) is 2.18. The van der Waals surface area contributed by atoms with Crippen LogP contribution in [0.15, 0.2) is 48.7 Å². The summed E-state index contributed by atoms with van der Waals surface area (Å²) >= 11 is 0. The summed E-state index contributed by atoms with van der Waals surface area (Å²) in [5.74, 6) is 0.417. The second-order valence-electron chi connectivity index (χ2n) is 4.80. The van der Waals surface area contributed by atoms with Crippen LogP contribution in [0, 0.1) is 5.92 Å². The first-order chi connectivity index (χ1) is 9.70. The summed E-state index contributed by atoms with van der Waals surface area (Å²) in [7, 11) is 0. The Balaban J connectivity index is 1.95. The zero-order chi connectivity index (χ0) is 14.4. The third-order valence-electron chi connectivity index (χ3n) is 3.14. The van der Waals surface area contributed by atoms with Gasteiger partial charge in [-0.25, -0.2) is 0 Å². The van der Waals surface area contributed by atoms with Crippen LogP contribution in [-0.4, -0.2) is 21.8 Å². The summed E-state index contributed by atoms with van der Waals surface area (Å²) in [5.41, 5.74) is 1.63. The molecule has 2 N–H and O–H groups in total. The fourth-order valence-electron chi connectivity index (χ4n) is 1.78. The summed E-state index contributed by atoms with van der Waals surface area (Å²) in [4.78, 5) is 4.17. The van der Waals surface area contributed by atoms with E-state index in [1.807, 2.05) is 30.3 Å². The van der Waals surface area contributed by atoms with Crippen LogP contribution in [0.1, 0.15) is 24.3 Å². The number of hydrogen-bond donors (Lipinski definition) is 2. The van der Waals surface area contributed by atoms with Gasteiger partial charge in [-0.05, 0) is 17.7 Å². The molecule has 2 atom stereocenters. The van der Waals surface area contributed by atoms with Crippen molar-refractivity contribution in [3.05, 3.63) is 59.9 Å². The summed E-state index contributed by atoms with van der Waals surface area (Å²) in [5, 5.41) is 18.9. The van der Waals surface area contributed by atoms with E-state index in [0.717, 1.165) is 5.56 Å². The van der Waals surface area contributed by atoms with Crippen molar-refractivity contribution in [2.24, 2.45) is 5.92 Å². The van der Waals surface area contributed by atoms with Crippen molar-refractivity contribution in [2.45, 2.75) is 19.6 Å². The molecule has 20 heavy (non-hydrogen) atoms. The molecule has 0 saturated carbocycles. The van der Waals surface area contributed by atoms with Crippen molar-refractivity contribution in [3.63, 3.8) is 0 Å². The molecule has 0 saturated heterocycles. The zero-order valence-electron chi connectivity index (χ0n) is 11.4. The van der Waals surface area contributed by atoms with Gasteiger partial charge in [0.25, 0.3) is 0 Å². The lowest BCUT2D eigenvalue weighted by atomic mass is 10.0. The van der Waals surface area contributed by atoms with Gasteiger partial charge in [-0.15, -0.1) is 0 Å². The Morgan fingerprint density at radius 2 is 1.90 bits per heavy atom. The van der Waals surface area contributed by atoms with E-state index >= 15 is 0 Å². The van der Waals surface area contributed by atoms with Crippen molar-refractivity contribution in [2.75, 3.05) is 6.61 Å². The standard InChI is InChI=1S/C16H19NO3/c1-12(10-18)16(19)15-8-7-14(9-17-15)20-11-13-5-3-2-4-6-13/h2-9,12,16,18-19H,10-11H2,1H3/t12-,16-/m0/s1. The topological polar surface area (TPSA) is 62.6 Å². The minimum Gasteiger partial charge on any atom is -0.487 e. The fraction of sp³-hybridized carbons (Fsp3) is 0.312. The van der Waals surface area contributed by atoms with E-state index in [1.165, 1.54) is 0 Å². The normalized spacial score (nSPS) is 13.8. The zero-order valence-corrected chi connectivity index (χ0v) is 11.4. The van der Waals surface area contributed by atoms with Crippen molar-refractivity contribution in [1.82, 2.24) is 4.98 Å². The number of rotatable bonds is 6. The summed E-state index contributed by atoms with van der Waals surface area (Å²) in [6.07, 6.45) is 0.828. The first-order valence-corrected chi connectivity index (χ1v) is 6.62. The molecular formula is C16H19NO3. The molecule has 2 rings (SSSR count). The van der Waals surface area contributed by atoms with Gasteiger partial charge in [-0.1, -0.05) is 37.3 Å². The Hall–Kier alpha value is -1.91. The molecule has 0 bridgehead atoms. The monoisotopic (exact) mass is 273 g/mol. The quantitative estimate of drug-likeness (QED) is 0.848. The van der Waals surface area contributed by atoms with Gasteiger partial charge < -0.3 is 14.9 Å². The van der Waals surface area contributed by atoms with E-state index in [1.54, 1.807) is 25.3 Å². The third kappa shape index (κ3) is 3.79. The van der Waals surface area contributed by atoms with Gasteiger partial charge >= 0.3 is 0 Å². The van der Waals surface area contributed by atoms with E-state index in [2.05, 4.69) is 4.98 Å². The molecule has 2 aromatic rings. The SMILES string of the molecule is C[C@@H](CO)[C@H](O)c1ccc(OCc2ccccc2)cn1. The minimum absolute atomic E-state index is 0.0743. The number of pyridine rings is 1.